The number of nitrogens with two attached hydrogens (primary N) is 1. The third kappa shape index (κ3) is 2.87. The quantitative estimate of drug-likeness (QED) is 0.626. The second-order valence-electron chi connectivity index (χ2n) is 3.62. The maximum Gasteiger partial charge on any atom is 0.204 e. The van der Waals surface area contributed by atoms with Gasteiger partial charge in [0.05, 0.1) is 0 Å². The summed E-state index contributed by atoms with van der Waals surface area (Å²) >= 11 is 0. The zero-order valence-electron chi connectivity index (χ0n) is 8.62. The summed E-state index contributed by atoms with van der Waals surface area (Å²) in [5, 5.41) is 0. The minimum absolute atomic E-state index is 0.250. The van der Waals surface area contributed by atoms with Crippen molar-refractivity contribution in [2.75, 3.05) is 0 Å². The highest BCUT2D eigenvalue weighted by Crippen LogP contribution is 2.21. The molecule has 2 N–H and O–H groups in total. The van der Waals surface area contributed by atoms with Gasteiger partial charge in [-0.2, -0.15) is 0 Å². The van der Waals surface area contributed by atoms with Gasteiger partial charge in [0, 0.05) is 0 Å². The van der Waals surface area contributed by atoms with Crippen LogP contribution in [-0.2, 0) is 17.6 Å². The molecule has 0 saturated heterocycles. The molecule has 0 atom stereocenters. The Bertz CT molecular complexity index is 307. The summed E-state index contributed by atoms with van der Waals surface area (Å²) in [4.78, 5) is 8.58. The minimum atomic E-state index is 0.250. The van der Waals surface area contributed by atoms with Gasteiger partial charge >= 0.3 is 0 Å². The molecule has 0 bridgehead atoms. The van der Waals surface area contributed by atoms with E-state index in [9.17, 15) is 0 Å². The van der Waals surface area contributed by atoms with Gasteiger partial charge in [-0.05, 0) is 43.7 Å². The summed E-state index contributed by atoms with van der Waals surface area (Å²) in [6.07, 6.45) is 5.62. The van der Waals surface area contributed by atoms with Crippen LogP contribution in [0.1, 0.15) is 29.5 Å². The van der Waals surface area contributed by atoms with E-state index in [2.05, 4.69) is 30.9 Å². The fraction of sp³-hybridized carbons (Fsp3) is 0.417. The van der Waals surface area contributed by atoms with Crippen LogP contribution in [0.5, 0.6) is 0 Å². The number of amides is 1. The second-order valence-corrected chi connectivity index (χ2v) is 3.62. The van der Waals surface area contributed by atoms with Gasteiger partial charge in [0.2, 0.25) is 6.41 Å². The topological polar surface area (TPSA) is 43.1 Å². The maximum absolute atomic E-state index is 8.58. The molecule has 1 aromatic carbocycles. The summed E-state index contributed by atoms with van der Waals surface area (Å²) < 4.78 is 0. The van der Waals surface area contributed by atoms with Crippen LogP contribution in [0.3, 0.4) is 0 Å². The smallest absolute Gasteiger partial charge is 0.204 e. The summed E-state index contributed by atoms with van der Waals surface area (Å²) in [5.41, 5.74) is 8.75. The molecule has 1 aromatic rings. The van der Waals surface area contributed by atoms with Gasteiger partial charge < -0.3 is 5.73 Å². The maximum atomic E-state index is 8.58. The van der Waals surface area contributed by atoms with Gasteiger partial charge in [-0.25, -0.2) is 0 Å². The Morgan fingerprint density at radius 3 is 2.43 bits per heavy atom. The van der Waals surface area contributed by atoms with Crippen LogP contribution in [0.2, 0.25) is 0 Å². The number of carbonyl (C=O) groups excluding carboxylic acids is 1. The Kier molecular flexibility index (Phi) is 4.17. The van der Waals surface area contributed by atoms with Gasteiger partial charge in [0.1, 0.15) is 0 Å². The van der Waals surface area contributed by atoms with Gasteiger partial charge in [-0.15, -0.1) is 0 Å². The zero-order chi connectivity index (χ0) is 10.4. The zero-order valence-corrected chi connectivity index (χ0v) is 8.62. The van der Waals surface area contributed by atoms with Gasteiger partial charge in [0.15, 0.2) is 0 Å². The standard InChI is InChI=1S/C11H14.CH3NO/c1-9-6-7-10-4-2-3-5-11(10)8-9;2-1-3/h6-8H,2-5H2,1H3;1H,(H2,2,3). The largest absolute Gasteiger partial charge is 0.372 e. The summed E-state index contributed by atoms with van der Waals surface area (Å²) in [6.45, 7) is 2.18. The van der Waals surface area contributed by atoms with Crippen molar-refractivity contribution < 1.29 is 4.79 Å². The Balaban J connectivity index is 0.000000293. The molecular formula is C12H17NO. The fourth-order valence-corrected chi connectivity index (χ4v) is 1.86. The minimum Gasteiger partial charge on any atom is -0.372 e. The Morgan fingerprint density at radius 2 is 1.79 bits per heavy atom. The molecule has 1 aliphatic rings. The molecule has 0 saturated carbocycles. The van der Waals surface area contributed by atoms with Crippen molar-refractivity contribution in [2.24, 2.45) is 5.73 Å². The highest BCUT2D eigenvalue weighted by atomic mass is 16.1. The van der Waals surface area contributed by atoms with E-state index in [4.69, 9.17) is 4.79 Å². The first kappa shape index (κ1) is 10.8. The number of carbonyl (C=O) groups is 1. The first-order chi connectivity index (χ1) is 6.77. The third-order valence-electron chi connectivity index (χ3n) is 2.50. The van der Waals surface area contributed by atoms with Gasteiger partial charge in [-0.3, -0.25) is 4.79 Å². The molecule has 0 fully saturated rings. The average Bonchev–Trinajstić information content (AvgIpc) is 2.19. The number of hydrogen-bond donors (Lipinski definition) is 1. The number of fused-ring (bicyclic) bond motifs is 1. The van der Waals surface area contributed by atoms with Crippen LogP contribution in [0.4, 0.5) is 0 Å². The van der Waals surface area contributed by atoms with Crippen molar-refractivity contribution in [1.82, 2.24) is 0 Å². The summed E-state index contributed by atoms with van der Waals surface area (Å²) in [7, 11) is 0. The van der Waals surface area contributed by atoms with E-state index >= 15 is 0 Å². The van der Waals surface area contributed by atoms with Crippen LogP contribution < -0.4 is 5.73 Å². The van der Waals surface area contributed by atoms with Crippen LogP contribution in [0, 0.1) is 6.92 Å². The van der Waals surface area contributed by atoms with E-state index < -0.39 is 0 Å². The van der Waals surface area contributed by atoms with E-state index in [1.807, 2.05) is 0 Å². The molecule has 2 nitrogen and oxygen atoms in total. The van der Waals surface area contributed by atoms with Crippen molar-refractivity contribution in [3.8, 4) is 0 Å². The summed E-state index contributed by atoms with van der Waals surface area (Å²) in [5.74, 6) is 0. The molecule has 2 heteroatoms. The second kappa shape index (κ2) is 5.43. The van der Waals surface area contributed by atoms with Crippen molar-refractivity contribution in [3.63, 3.8) is 0 Å². The molecule has 1 aliphatic carbocycles. The molecule has 0 aliphatic heterocycles. The highest BCUT2D eigenvalue weighted by Gasteiger charge is 2.07. The molecular weight excluding hydrogens is 174 g/mol. The normalized spacial score (nSPS) is 13.5. The van der Waals surface area contributed by atoms with Crippen molar-refractivity contribution in [2.45, 2.75) is 32.6 Å². The van der Waals surface area contributed by atoms with E-state index in [-0.39, 0.29) is 6.41 Å². The molecule has 2 rings (SSSR count). The Hall–Kier alpha value is -1.31. The molecule has 1 amide bonds. The first-order valence-electron chi connectivity index (χ1n) is 5.01. The number of benzene rings is 1. The number of rotatable bonds is 0. The number of hydrogen-bond acceptors (Lipinski definition) is 1. The number of primary amides is 1. The van der Waals surface area contributed by atoms with Crippen LogP contribution in [0.15, 0.2) is 18.2 Å². The number of aryl methyl sites for hydroxylation is 3. The predicted octanol–water partition coefficient (Wildman–Crippen LogP) is 1.98. The van der Waals surface area contributed by atoms with E-state index in [1.165, 1.54) is 31.2 Å². The van der Waals surface area contributed by atoms with Gasteiger partial charge in [0.25, 0.3) is 0 Å². The lowest BCUT2D eigenvalue weighted by molar-refractivity contribution is -0.106. The third-order valence-corrected chi connectivity index (χ3v) is 2.50. The van der Waals surface area contributed by atoms with Crippen LogP contribution in [-0.4, -0.2) is 6.41 Å². The summed E-state index contributed by atoms with van der Waals surface area (Å²) in [6, 6.07) is 6.86. The van der Waals surface area contributed by atoms with Crippen LogP contribution in [0.25, 0.3) is 0 Å². The Morgan fingerprint density at radius 1 is 1.21 bits per heavy atom. The molecule has 0 spiro atoms. The van der Waals surface area contributed by atoms with Crippen molar-refractivity contribution >= 4 is 6.41 Å². The molecule has 14 heavy (non-hydrogen) atoms. The monoisotopic (exact) mass is 191 g/mol. The fourth-order valence-electron chi connectivity index (χ4n) is 1.86. The van der Waals surface area contributed by atoms with Crippen LogP contribution >= 0.6 is 0 Å². The average molecular weight is 191 g/mol. The van der Waals surface area contributed by atoms with Gasteiger partial charge in [-0.1, -0.05) is 23.8 Å². The SMILES string of the molecule is Cc1ccc2c(c1)CCCC2.NC=O. The van der Waals surface area contributed by atoms with Crippen molar-refractivity contribution in [3.05, 3.63) is 34.9 Å². The highest BCUT2D eigenvalue weighted by molar-refractivity contribution is 5.42. The van der Waals surface area contributed by atoms with E-state index in [0.717, 1.165) is 0 Å². The lowest BCUT2D eigenvalue weighted by Crippen LogP contribution is -2.01. The Labute approximate surface area is 85.1 Å². The molecule has 0 aromatic heterocycles. The lowest BCUT2D eigenvalue weighted by Gasteiger charge is -2.15. The predicted molar refractivity (Wildman–Crippen MR) is 58.1 cm³/mol. The molecule has 0 radical (unpaired) electrons. The van der Waals surface area contributed by atoms with E-state index in [0.29, 0.717) is 0 Å². The molecule has 0 heterocycles. The van der Waals surface area contributed by atoms with E-state index in [1.54, 1.807) is 11.1 Å². The molecule has 76 valence electrons. The molecule has 0 unspecified atom stereocenters. The lowest BCUT2D eigenvalue weighted by atomic mass is 9.91. The first-order valence-corrected chi connectivity index (χ1v) is 5.01. The van der Waals surface area contributed by atoms with Crippen molar-refractivity contribution in [1.29, 1.82) is 0 Å².